The van der Waals surface area contributed by atoms with Gasteiger partial charge in [-0.2, -0.15) is 0 Å². The fraction of sp³-hybridized carbons (Fsp3) is 0.480. The van der Waals surface area contributed by atoms with Gasteiger partial charge < -0.3 is 127 Å². The number of guanidine groups is 2. The fourth-order valence-corrected chi connectivity index (χ4v) is 18.4. The molecule has 6 aromatic rings. The number of phenols is 1. The highest BCUT2D eigenvalue weighted by atomic mass is 127. The van der Waals surface area contributed by atoms with E-state index in [4.69, 9.17) is 28.0 Å². The maximum atomic E-state index is 15.6. The van der Waals surface area contributed by atoms with Gasteiger partial charge >= 0.3 is 5.97 Å². The Morgan fingerprint density at radius 1 is 0.472 bits per heavy atom. The number of aromatic nitrogens is 1. The molecule has 0 radical (unpaired) electrons. The molecule has 782 valence electrons. The van der Waals surface area contributed by atoms with Gasteiger partial charge in [-0.05, 0) is 180 Å². The van der Waals surface area contributed by atoms with Crippen LogP contribution in [0.3, 0.4) is 0 Å². The molecule has 0 bridgehead atoms. The summed E-state index contributed by atoms with van der Waals surface area (Å²) in [6.07, 6.45) is -3.22. The molecule has 0 spiro atoms. The standard InChI is InChI=1S/C98H135I2N23O20S/c1-49(2)37-68-85(132)111-66(29-21-35-106-97(102)103)84(131)114-69(38-50(3)4)90(137)121-79(52(7)8)94(141)122-80(55(11)124)95(142)119-75(92(139)109-53(9)82(101)129)47-144-48-76(125)110-70(41-56-23-15-13-16-24-56)86(133)115-72(43-58-39-63(99)81(128)64(100)40-58)88(135)117-74(45-77(126)127)89(136)116-73(44-61-46-108-65-28-20-19-27-62(61)65)91(138)120-78(51(5)6)93(140)118-71(42-57-31-33-60(34-32-57)59-25-17-14-18-26-59)87(134)112-67(30-22-36-107-98(104)105)96(143)123(12)54(10)83(130)113-68/h13-20,23-28,31-34,39-40,46,49-55,66-75,78-80,108,124,128H,21-22,29-30,35-38,41-45,47-48H2,1-12H3,(H2,101,129)(H,109,139)(H,110,125)(H,111,132)(H,112,134)(H,113,130)(H,114,131)(H,115,133)(H,116,136)(H,117,135)(H,118,140)(H,119,142)(H,120,138)(H,121,137)(H,122,141)(H,126,127)(H4,102,103,106)(H4,104,105,107)/t53-,54-,55+,66-,67-,68+,69-,70-,71-,72-,73-,74-,75-,78-,79-,80-/m0/s1. The largest absolute Gasteiger partial charge is 0.506 e. The van der Waals surface area contributed by atoms with E-state index in [0.29, 0.717) is 52.1 Å². The van der Waals surface area contributed by atoms with E-state index in [-0.39, 0.29) is 88.5 Å². The number of para-hydroxylation sites is 1. The molecule has 28 N–H and O–H groups in total. The Bertz CT molecular complexity index is 5500. The number of aromatic amines is 1. The monoisotopic (exact) mass is 2240 g/mol. The van der Waals surface area contributed by atoms with Crippen molar-refractivity contribution < 1.29 is 96.8 Å². The molecule has 5 aromatic carbocycles. The van der Waals surface area contributed by atoms with Crippen LogP contribution in [0.25, 0.3) is 22.0 Å². The molecule has 1 fully saturated rings. The lowest BCUT2D eigenvalue weighted by atomic mass is 9.98. The van der Waals surface area contributed by atoms with Gasteiger partial charge in [-0.3, -0.25) is 92.3 Å². The highest BCUT2D eigenvalue weighted by molar-refractivity contribution is 14.1. The number of H-pyrrole nitrogens is 1. The van der Waals surface area contributed by atoms with Crippen LogP contribution >= 0.6 is 56.9 Å². The molecule has 16 atom stereocenters. The third kappa shape index (κ3) is 37.5. The molecule has 0 saturated carbocycles. The quantitative estimate of drug-likeness (QED) is 0.0133. The second kappa shape index (κ2) is 57.3. The van der Waals surface area contributed by atoms with Gasteiger partial charge in [0.1, 0.15) is 96.4 Å². The molecule has 43 nitrogen and oxygen atoms in total. The number of phenolic OH excluding ortho intramolecular Hbond substituents is 1. The van der Waals surface area contributed by atoms with E-state index in [1.807, 2.05) is 75.5 Å². The van der Waals surface area contributed by atoms with Crippen LogP contribution in [-0.4, -0.2) is 266 Å². The first-order valence-corrected chi connectivity index (χ1v) is 50.6. The lowest BCUT2D eigenvalue weighted by Crippen LogP contribution is -2.62. The number of aliphatic carboxylic acids is 1. The molecular formula is C98H135I2N23O20S. The Labute approximate surface area is 866 Å². The summed E-state index contributed by atoms with van der Waals surface area (Å²) in [5, 5.41) is 91.3. The summed E-state index contributed by atoms with van der Waals surface area (Å²) in [4.78, 5) is 255. The van der Waals surface area contributed by atoms with Crippen molar-refractivity contribution in [1.82, 2.24) is 95.0 Å². The van der Waals surface area contributed by atoms with Crippen LogP contribution in [0.15, 0.2) is 128 Å². The summed E-state index contributed by atoms with van der Waals surface area (Å²) < 4.78 is 0.589. The van der Waals surface area contributed by atoms with Crippen LogP contribution in [-0.2, 0) is 107 Å². The fourth-order valence-electron chi connectivity index (χ4n) is 15.6. The summed E-state index contributed by atoms with van der Waals surface area (Å²) >= 11 is 4.40. The summed E-state index contributed by atoms with van der Waals surface area (Å²) in [7, 11) is 1.27. The average Bonchev–Trinajstić information content (AvgIpc) is 1.75. The van der Waals surface area contributed by atoms with Crippen LogP contribution in [0.1, 0.15) is 143 Å². The number of thioether (sulfide) groups is 1. The molecular weight excluding hydrogens is 2110 g/mol. The van der Waals surface area contributed by atoms with Crippen molar-refractivity contribution in [3.63, 3.8) is 0 Å². The number of rotatable bonds is 29. The van der Waals surface area contributed by atoms with Crippen LogP contribution < -0.4 is 102 Å². The van der Waals surface area contributed by atoms with E-state index >= 15 is 33.6 Å². The number of nitrogens with zero attached hydrogens (tertiary/aromatic N) is 1. The lowest BCUT2D eigenvalue weighted by molar-refractivity contribution is -0.143. The molecule has 1 aliphatic rings. The topological polar surface area (TPSA) is 688 Å². The van der Waals surface area contributed by atoms with Gasteiger partial charge in [0.2, 0.25) is 94.5 Å². The minimum absolute atomic E-state index is 0.00465. The summed E-state index contributed by atoms with van der Waals surface area (Å²) in [5.74, 6) is -22.4. The number of hydrogen-bond acceptors (Lipinski definition) is 22. The van der Waals surface area contributed by atoms with Gasteiger partial charge in [-0.25, -0.2) is 0 Å². The number of amides is 16. The summed E-state index contributed by atoms with van der Waals surface area (Å²) in [5.41, 5.74) is 20.7. The van der Waals surface area contributed by atoms with E-state index in [9.17, 15) is 63.3 Å². The maximum Gasteiger partial charge on any atom is 0.305 e. The highest BCUT2D eigenvalue weighted by Gasteiger charge is 2.42. The zero-order valence-corrected chi connectivity index (χ0v) is 87.5. The van der Waals surface area contributed by atoms with Crippen LogP contribution in [0, 0.1) is 41.6 Å². The minimum Gasteiger partial charge on any atom is -0.506 e. The van der Waals surface area contributed by atoms with Crippen LogP contribution in [0.5, 0.6) is 5.75 Å². The van der Waals surface area contributed by atoms with Gasteiger partial charge in [-0.15, -0.1) is 11.8 Å². The number of nitrogens with two attached hydrogens (primary N) is 3. The second-order valence-corrected chi connectivity index (χ2v) is 40.4. The van der Waals surface area contributed by atoms with Crippen molar-refractivity contribution in [2.75, 3.05) is 31.6 Å². The molecule has 1 saturated heterocycles. The number of benzene rings is 5. The van der Waals surface area contributed by atoms with Crippen LogP contribution in [0.2, 0.25) is 0 Å². The highest BCUT2D eigenvalue weighted by Crippen LogP contribution is 2.29. The first-order chi connectivity index (χ1) is 68.0. The Hall–Kier alpha value is -13.3. The van der Waals surface area contributed by atoms with E-state index in [1.165, 1.54) is 46.9 Å². The third-order valence-electron chi connectivity index (χ3n) is 23.7. The second-order valence-electron chi connectivity index (χ2n) is 37.1. The van der Waals surface area contributed by atoms with E-state index < -0.39 is 245 Å². The van der Waals surface area contributed by atoms with Crippen molar-refractivity contribution in [2.24, 2.45) is 40.9 Å². The molecule has 0 aliphatic carbocycles. The first-order valence-electron chi connectivity index (χ1n) is 47.3. The summed E-state index contributed by atoms with van der Waals surface area (Å²) in [6, 6.07) is 9.96. The zero-order chi connectivity index (χ0) is 107. The number of carbonyl (C=O) groups excluding carboxylic acids is 16. The van der Waals surface area contributed by atoms with Gasteiger partial charge in [0.15, 0.2) is 11.9 Å². The number of carboxylic acids is 1. The van der Waals surface area contributed by atoms with Gasteiger partial charge in [0, 0.05) is 68.7 Å². The third-order valence-corrected chi connectivity index (χ3v) is 26.3. The first kappa shape index (κ1) is 118. The molecule has 7 rings (SSSR count). The SMILES string of the molecule is CC(C)C[C@@H]1NC(=O)[C@H](CCCNC(=N)N)NC(=O)[C@@H](CC(C)C)NC(=O)[C@H](C)N(C)C(=O)[C@H](CCCNC(=N)N)NC(=O)[C@H](Cc2ccc(-c3ccccc3)cc2)NC(=O)[C@H](C(C)C)NC(=O)[C@H](Cc2c[nH]c3ccccc23)NC(=O)[C@H](CC(=O)O)NC(=O)[C@H](Cc2cc(I)c(O)c(I)c2)NC(=O)[C@H](Cc2ccccc2)NC(=O)CSC[C@@H](C(=O)N[C@@H](C)C(N)=O)NC(=O)[C@H]([C@@H](C)O)NC(=O)[C@H](C(C)C)NC1=O. The molecule has 1 aromatic heterocycles. The van der Waals surface area contributed by atoms with E-state index in [2.05, 4.69) is 90.1 Å². The molecule has 144 heavy (non-hydrogen) atoms. The molecule has 0 unspecified atom stereocenters. The lowest BCUT2D eigenvalue weighted by Gasteiger charge is -2.32. The van der Waals surface area contributed by atoms with Crippen molar-refractivity contribution in [1.29, 1.82) is 10.8 Å². The molecule has 16 amide bonds. The van der Waals surface area contributed by atoms with Crippen molar-refractivity contribution in [3.05, 3.63) is 157 Å². The smallest absolute Gasteiger partial charge is 0.305 e. The van der Waals surface area contributed by atoms with Crippen LogP contribution in [0.4, 0.5) is 0 Å². The Morgan fingerprint density at radius 3 is 1.40 bits per heavy atom. The summed E-state index contributed by atoms with van der Waals surface area (Å²) in [6.45, 7) is 16.9. The number of aliphatic hydroxyl groups excluding tert-OH is 1. The average molecular weight is 2240 g/mol. The number of aromatic hydroxyl groups is 1. The van der Waals surface area contributed by atoms with Gasteiger partial charge in [0.25, 0.3) is 0 Å². The number of carbonyl (C=O) groups is 17. The number of primary amides is 1. The number of carboxylic acid groups (broad SMARTS) is 1. The number of halogens is 2. The number of hydrogen-bond donors (Lipinski definition) is 25. The Balaban J connectivity index is 1.37. The molecule has 2 heterocycles. The Kier molecular flexibility index (Phi) is 46.8. The van der Waals surface area contributed by atoms with Crippen molar-refractivity contribution >= 4 is 180 Å². The number of likely N-dealkylation sites (N-methyl/N-ethyl adjacent to an activating group) is 1. The molecule has 46 heteroatoms. The molecule has 1 aliphatic heterocycles. The van der Waals surface area contributed by atoms with Gasteiger partial charge in [0.05, 0.1) is 25.4 Å². The number of fused-ring (bicyclic) bond motifs is 1. The minimum atomic E-state index is -2.09. The number of nitrogens with one attached hydrogen (secondary N) is 19. The van der Waals surface area contributed by atoms with Gasteiger partial charge in [-0.1, -0.05) is 159 Å². The van der Waals surface area contributed by atoms with Crippen molar-refractivity contribution in [2.45, 2.75) is 244 Å². The van der Waals surface area contributed by atoms with E-state index in [1.54, 1.807) is 127 Å². The normalized spacial score (nSPS) is 22.8. The number of aliphatic hydroxyl groups is 1. The van der Waals surface area contributed by atoms with Crippen molar-refractivity contribution in [3.8, 4) is 16.9 Å². The predicted octanol–water partition coefficient (Wildman–Crippen LogP) is 0.693. The maximum absolute atomic E-state index is 15.6. The Morgan fingerprint density at radius 2 is 0.875 bits per heavy atom. The zero-order valence-electron chi connectivity index (χ0n) is 82.4. The van der Waals surface area contributed by atoms with E-state index in [0.717, 1.165) is 23.0 Å². The predicted molar refractivity (Wildman–Crippen MR) is 557 cm³/mol.